The third kappa shape index (κ3) is 4.70. The summed E-state index contributed by atoms with van der Waals surface area (Å²) < 4.78 is 4.05. The first-order chi connectivity index (χ1) is 13.3. The first-order valence-electron chi connectivity index (χ1n) is 9.28. The summed E-state index contributed by atoms with van der Waals surface area (Å²) in [5, 5.41) is 19.4. The summed E-state index contributed by atoms with van der Waals surface area (Å²) in [5.41, 5.74) is 2.33. The molecular weight excluding hydrogens is 467 g/mol. The highest BCUT2D eigenvalue weighted by Crippen LogP contribution is 2.13. The number of benzene rings is 1. The zero-order chi connectivity index (χ0) is 18.5. The highest BCUT2D eigenvalue weighted by molar-refractivity contribution is 14.0. The largest absolute Gasteiger partial charge is 0.356 e. The van der Waals surface area contributed by atoms with Crippen molar-refractivity contribution in [3.63, 3.8) is 0 Å². The van der Waals surface area contributed by atoms with Gasteiger partial charge in [-0.1, -0.05) is 12.1 Å². The predicted molar refractivity (Wildman–Crippen MR) is 119 cm³/mol. The lowest BCUT2D eigenvalue weighted by molar-refractivity contribution is 0.662. The fourth-order valence-corrected chi connectivity index (χ4v) is 3.29. The van der Waals surface area contributed by atoms with Gasteiger partial charge in [-0.2, -0.15) is 5.10 Å². The van der Waals surface area contributed by atoms with Crippen LogP contribution in [-0.4, -0.2) is 44.1 Å². The average molecular weight is 492 g/mol. The van der Waals surface area contributed by atoms with Gasteiger partial charge in [-0.15, -0.1) is 34.2 Å². The summed E-state index contributed by atoms with van der Waals surface area (Å²) in [6, 6.07) is 10.4. The molecule has 8 nitrogen and oxygen atoms in total. The van der Waals surface area contributed by atoms with E-state index in [9.17, 15) is 0 Å². The van der Waals surface area contributed by atoms with E-state index < -0.39 is 0 Å². The molecular formula is C19H25IN8. The van der Waals surface area contributed by atoms with Gasteiger partial charge in [-0.3, -0.25) is 4.99 Å². The molecule has 0 bridgehead atoms. The summed E-state index contributed by atoms with van der Waals surface area (Å²) in [5.74, 6) is 2.84. The first-order valence-corrected chi connectivity index (χ1v) is 9.28. The third-order valence-corrected chi connectivity index (χ3v) is 4.74. The van der Waals surface area contributed by atoms with E-state index in [0.717, 1.165) is 55.6 Å². The lowest BCUT2D eigenvalue weighted by atomic mass is 10.1. The molecule has 0 saturated carbocycles. The maximum absolute atomic E-state index is 4.29. The van der Waals surface area contributed by atoms with E-state index >= 15 is 0 Å². The van der Waals surface area contributed by atoms with Crippen LogP contribution < -0.4 is 10.6 Å². The van der Waals surface area contributed by atoms with Crippen LogP contribution >= 0.6 is 24.0 Å². The second-order valence-corrected chi connectivity index (χ2v) is 6.51. The van der Waals surface area contributed by atoms with Crippen molar-refractivity contribution >= 4 is 29.9 Å². The summed E-state index contributed by atoms with van der Waals surface area (Å²) in [4.78, 5) is 4.29. The minimum Gasteiger partial charge on any atom is -0.356 e. The smallest absolute Gasteiger partial charge is 0.191 e. The third-order valence-electron chi connectivity index (χ3n) is 4.74. The van der Waals surface area contributed by atoms with Gasteiger partial charge in [0.25, 0.3) is 0 Å². The zero-order valence-corrected chi connectivity index (χ0v) is 18.2. The second kappa shape index (κ2) is 9.67. The normalized spacial score (nSPS) is 13.1. The molecule has 0 atom stereocenters. The molecule has 0 spiro atoms. The van der Waals surface area contributed by atoms with Crippen molar-refractivity contribution in [3.8, 4) is 5.69 Å². The van der Waals surface area contributed by atoms with Crippen LogP contribution in [-0.2, 0) is 25.9 Å². The Labute approximate surface area is 181 Å². The Kier molecular flexibility index (Phi) is 7.01. The lowest BCUT2D eigenvalue weighted by Crippen LogP contribution is -2.38. The van der Waals surface area contributed by atoms with Crippen molar-refractivity contribution in [2.75, 3.05) is 13.6 Å². The van der Waals surface area contributed by atoms with Crippen LogP contribution in [0, 0.1) is 0 Å². The molecule has 2 N–H and O–H groups in total. The number of guanidine groups is 1. The number of rotatable bonds is 6. The molecule has 1 aromatic carbocycles. The minimum absolute atomic E-state index is 0. The molecule has 3 heterocycles. The van der Waals surface area contributed by atoms with Crippen LogP contribution in [0.4, 0.5) is 0 Å². The van der Waals surface area contributed by atoms with Gasteiger partial charge < -0.3 is 15.2 Å². The van der Waals surface area contributed by atoms with Crippen molar-refractivity contribution in [2.45, 2.75) is 32.4 Å². The number of aromatic nitrogens is 5. The second-order valence-electron chi connectivity index (χ2n) is 6.51. The van der Waals surface area contributed by atoms with Gasteiger partial charge >= 0.3 is 0 Å². The molecule has 3 aromatic rings. The van der Waals surface area contributed by atoms with Crippen LogP contribution in [0.3, 0.4) is 0 Å². The molecule has 0 aliphatic carbocycles. The van der Waals surface area contributed by atoms with Gasteiger partial charge in [-0.05, 0) is 36.6 Å². The van der Waals surface area contributed by atoms with Crippen LogP contribution in [0.25, 0.3) is 5.69 Å². The van der Waals surface area contributed by atoms with Crippen molar-refractivity contribution in [1.82, 2.24) is 35.2 Å². The molecule has 0 unspecified atom stereocenters. The van der Waals surface area contributed by atoms with E-state index in [1.807, 2.05) is 16.9 Å². The van der Waals surface area contributed by atoms with Gasteiger partial charge in [0.05, 0.1) is 12.2 Å². The number of fused-ring (bicyclic) bond motifs is 1. The fourth-order valence-electron chi connectivity index (χ4n) is 3.29. The predicted octanol–water partition coefficient (Wildman–Crippen LogP) is 1.94. The number of aryl methyl sites for hydroxylation is 1. The zero-order valence-electron chi connectivity index (χ0n) is 15.9. The van der Waals surface area contributed by atoms with Crippen molar-refractivity contribution < 1.29 is 0 Å². The van der Waals surface area contributed by atoms with Gasteiger partial charge in [0.15, 0.2) is 11.8 Å². The molecule has 1 aliphatic heterocycles. The molecule has 4 rings (SSSR count). The van der Waals surface area contributed by atoms with E-state index in [-0.39, 0.29) is 24.0 Å². The monoisotopic (exact) mass is 492 g/mol. The molecule has 0 saturated heterocycles. The number of hydrogen-bond donors (Lipinski definition) is 2. The summed E-state index contributed by atoms with van der Waals surface area (Å²) in [7, 11) is 1.78. The Balaban J connectivity index is 0.00000225. The standard InChI is InChI=1S/C19H24N8.HI/c1-20-19(22-14-18-25-24-17-4-2-12-26(17)18)21-11-9-15-5-7-16(8-6-15)27-13-3-10-23-27;/h3,5-8,10,13H,2,4,9,11-12,14H2,1H3,(H2,20,21,22);1H. The van der Waals surface area contributed by atoms with Gasteiger partial charge in [-0.25, -0.2) is 4.68 Å². The molecule has 28 heavy (non-hydrogen) atoms. The number of nitrogens with one attached hydrogen (secondary N) is 2. The van der Waals surface area contributed by atoms with Crippen molar-refractivity contribution in [3.05, 3.63) is 59.9 Å². The highest BCUT2D eigenvalue weighted by atomic mass is 127. The van der Waals surface area contributed by atoms with E-state index in [0.29, 0.717) is 6.54 Å². The Morgan fingerprint density at radius 2 is 2.04 bits per heavy atom. The molecule has 2 aromatic heterocycles. The number of nitrogens with zero attached hydrogens (tertiary/aromatic N) is 6. The van der Waals surface area contributed by atoms with Gasteiger partial charge in [0.2, 0.25) is 0 Å². The first kappa shape index (κ1) is 20.3. The van der Waals surface area contributed by atoms with Crippen LogP contribution in [0.5, 0.6) is 0 Å². The average Bonchev–Trinajstić information content (AvgIpc) is 3.44. The van der Waals surface area contributed by atoms with Gasteiger partial charge in [0, 0.05) is 39.0 Å². The molecule has 1 aliphatic rings. The quantitative estimate of drug-likeness (QED) is 0.312. The maximum atomic E-state index is 4.29. The van der Waals surface area contributed by atoms with E-state index in [1.54, 1.807) is 13.2 Å². The SMILES string of the molecule is CN=C(NCCc1ccc(-n2cccn2)cc1)NCc1nnc2n1CCC2.I. The molecule has 0 radical (unpaired) electrons. The summed E-state index contributed by atoms with van der Waals surface area (Å²) in [6.45, 7) is 2.45. The Bertz CT molecular complexity index is 899. The van der Waals surface area contributed by atoms with E-state index in [2.05, 4.69) is 59.8 Å². The number of hydrogen-bond acceptors (Lipinski definition) is 4. The molecule has 148 valence electrons. The van der Waals surface area contributed by atoms with Gasteiger partial charge in [0.1, 0.15) is 5.82 Å². The van der Waals surface area contributed by atoms with E-state index in [1.165, 1.54) is 5.56 Å². The minimum atomic E-state index is 0. The van der Waals surface area contributed by atoms with Crippen LogP contribution in [0.2, 0.25) is 0 Å². The highest BCUT2D eigenvalue weighted by Gasteiger charge is 2.16. The molecule has 0 amide bonds. The summed E-state index contributed by atoms with van der Waals surface area (Å²) >= 11 is 0. The lowest BCUT2D eigenvalue weighted by Gasteiger charge is -2.12. The maximum Gasteiger partial charge on any atom is 0.191 e. The number of halogens is 1. The number of aliphatic imine (C=N–C) groups is 1. The molecule has 0 fully saturated rings. The Morgan fingerprint density at radius 3 is 2.79 bits per heavy atom. The van der Waals surface area contributed by atoms with Crippen molar-refractivity contribution in [2.24, 2.45) is 4.99 Å². The van der Waals surface area contributed by atoms with Crippen LogP contribution in [0.15, 0.2) is 47.7 Å². The van der Waals surface area contributed by atoms with Crippen molar-refractivity contribution in [1.29, 1.82) is 0 Å². The Hall–Kier alpha value is -2.43. The summed E-state index contributed by atoms with van der Waals surface area (Å²) in [6.07, 6.45) is 6.82. The van der Waals surface area contributed by atoms with E-state index in [4.69, 9.17) is 0 Å². The fraction of sp³-hybridized carbons (Fsp3) is 0.368. The van der Waals surface area contributed by atoms with Crippen LogP contribution in [0.1, 0.15) is 23.6 Å². The molecule has 9 heteroatoms. The Morgan fingerprint density at radius 1 is 1.18 bits per heavy atom. The topological polar surface area (TPSA) is 84.9 Å².